The Hall–Kier alpha value is -2.93. The minimum absolute atomic E-state index is 0.0974. The van der Waals surface area contributed by atoms with E-state index in [2.05, 4.69) is 37.5 Å². The number of hydrogen-bond donors (Lipinski definition) is 2. The lowest BCUT2D eigenvalue weighted by Crippen LogP contribution is -2.57. The highest BCUT2D eigenvalue weighted by molar-refractivity contribution is 6.02. The van der Waals surface area contributed by atoms with Gasteiger partial charge in [0.2, 0.25) is 17.7 Å². The van der Waals surface area contributed by atoms with Crippen LogP contribution < -0.4 is 10.6 Å². The zero-order chi connectivity index (χ0) is 28.7. The molecule has 2 bridgehead atoms. The Morgan fingerprint density at radius 2 is 1.85 bits per heavy atom. The highest BCUT2D eigenvalue weighted by atomic mass is 16.5. The lowest BCUT2D eigenvalue weighted by molar-refractivity contribution is -0.141. The molecule has 7 nitrogen and oxygen atoms in total. The van der Waals surface area contributed by atoms with Crippen LogP contribution in [0.4, 0.5) is 5.69 Å². The smallest absolute Gasteiger partial charge is 0.246 e. The fourth-order valence-electron chi connectivity index (χ4n) is 7.87. The Morgan fingerprint density at radius 3 is 2.56 bits per heavy atom. The number of amides is 3. The molecule has 1 saturated carbocycles. The second kappa shape index (κ2) is 11.4. The number of hydrogen-bond acceptors (Lipinski definition) is 4. The van der Waals surface area contributed by atoms with Crippen molar-refractivity contribution in [3.05, 3.63) is 53.6 Å². The molecule has 2 saturated heterocycles. The van der Waals surface area contributed by atoms with Crippen molar-refractivity contribution in [2.45, 2.75) is 108 Å². The summed E-state index contributed by atoms with van der Waals surface area (Å²) >= 11 is 0. The van der Waals surface area contributed by atoms with Gasteiger partial charge in [0.1, 0.15) is 11.6 Å². The van der Waals surface area contributed by atoms with Gasteiger partial charge in [0.05, 0.1) is 17.9 Å². The molecule has 3 heterocycles. The van der Waals surface area contributed by atoms with Gasteiger partial charge in [-0.2, -0.15) is 0 Å². The molecule has 1 spiro atoms. The summed E-state index contributed by atoms with van der Waals surface area (Å²) in [6, 6.07) is 7.19. The maximum absolute atomic E-state index is 14.2. The summed E-state index contributed by atoms with van der Waals surface area (Å²) in [5.74, 6) is -1.11. The van der Waals surface area contributed by atoms with Crippen LogP contribution in [0.1, 0.15) is 90.0 Å². The molecule has 0 aromatic heterocycles. The van der Waals surface area contributed by atoms with Crippen molar-refractivity contribution in [3.8, 4) is 0 Å². The molecule has 7 unspecified atom stereocenters. The number of ether oxygens (including phenoxy) is 1. The third-order valence-electron chi connectivity index (χ3n) is 10.3. The van der Waals surface area contributed by atoms with Gasteiger partial charge in [0, 0.05) is 18.3 Å². The third kappa shape index (κ3) is 5.15. The van der Waals surface area contributed by atoms with Gasteiger partial charge in [-0.05, 0) is 74.5 Å². The number of likely N-dealkylation sites (tertiary alicyclic amines) is 1. The number of carbonyl (C=O) groups is 3. The lowest BCUT2D eigenvalue weighted by atomic mass is 9.74. The van der Waals surface area contributed by atoms with Gasteiger partial charge in [-0.3, -0.25) is 14.4 Å². The molecule has 7 atom stereocenters. The first-order valence-electron chi connectivity index (χ1n) is 15.9. The molecule has 2 N–H and O–H groups in total. The normalized spacial score (nSPS) is 34.1. The van der Waals surface area contributed by atoms with E-state index in [9.17, 15) is 14.4 Å². The summed E-state index contributed by atoms with van der Waals surface area (Å²) in [7, 11) is 0. The number of allylic oxidation sites excluding steroid dienone is 1. The summed E-state index contributed by atoms with van der Waals surface area (Å²) in [4.78, 5) is 43.8. The summed E-state index contributed by atoms with van der Waals surface area (Å²) < 4.78 is 6.54. The van der Waals surface area contributed by atoms with E-state index in [1.165, 1.54) is 30.4 Å². The number of fused-ring (bicyclic) bond motifs is 1. The molecule has 3 amide bonds. The van der Waals surface area contributed by atoms with Crippen molar-refractivity contribution >= 4 is 23.4 Å². The first-order chi connectivity index (χ1) is 19.8. The van der Waals surface area contributed by atoms with E-state index in [0.29, 0.717) is 24.1 Å². The predicted molar refractivity (Wildman–Crippen MR) is 159 cm³/mol. The Balaban J connectivity index is 1.26. The average molecular weight is 560 g/mol. The number of nitrogens with zero attached hydrogens (tertiary/aromatic N) is 1. The van der Waals surface area contributed by atoms with Gasteiger partial charge in [0.15, 0.2) is 0 Å². The third-order valence-corrected chi connectivity index (χ3v) is 10.3. The van der Waals surface area contributed by atoms with Gasteiger partial charge in [-0.25, -0.2) is 0 Å². The van der Waals surface area contributed by atoms with E-state index < -0.39 is 29.6 Å². The predicted octanol–water partition coefficient (Wildman–Crippen LogP) is 5.48. The molecule has 3 fully saturated rings. The zero-order valence-corrected chi connectivity index (χ0v) is 24.7. The van der Waals surface area contributed by atoms with E-state index in [1.54, 1.807) is 4.90 Å². The Kier molecular flexibility index (Phi) is 7.84. The number of anilines is 1. The molecular formula is C34H45N3O4. The SMILES string of the molecule is CC(C)c1ccc(NC(=O)C2C3C=CC4(O3)C2C(=O)N(CCC2=CCCCC2)C4C(=O)NC2CCCCC2C)cc1. The number of carbonyl (C=O) groups excluding carboxylic acids is 3. The minimum Gasteiger partial charge on any atom is -0.359 e. The van der Waals surface area contributed by atoms with Gasteiger partial charge >= 0.3 is 0 Å². The fourth-order valence-corrected chi connectivity index (χ4v) is 7.87. The van der Waals surface area contributed by atoms with Crippen LogP contribution in [0.5, 0.6) is 0 Å². The van der Waals surface area contributed by atoms with Crippen LogP contribution in [0.25, 0.3) is 0 Å². The summed E-state index contributed by atoms with van der Waals surface area (Å²) in [5, 5.41) is 6.37. The maximum Gasteiger partial charge on any atom is 0.246 e. The minimum atomic E-state index is -1.12. The maximum atomic E-state index is 14.2. The highest BCUT2D eigenvalue weighted by Gasteiger charge is 2.72. The standard InChI is InChI=1S/C34H45N3O4/c1-21(2)24-13-15-25(16-14-24)35-31(38)28-27-17-19-34(41-27)29(28)33(40)37(20-18-23-10-5-4-6-11-23)30(34)32(39)36-26-12-8-7-9-22(26)3/h10,13-17,19,21-22,26-30H,4-9,11-12,18,20H2,1-3H3,(H,35,38)(H,36,39). The monoisotopic (exact) mass is 559 g/mol. The summed E-state index contributed by atoms with van der Waals surface area (Å²) in [6.07, 6.45) is 15.2. The van der Waals surface area contributed by atoms with Gasteiger partial charge < -0.3 is 20.3 Å². The number of nitrogens with one attached hydrogen (secondary N) is 2. The molecule has 2 aliphatic carbocycles. The molecule has 1 aromatic rings. The van der Waals surface area contributed by atoms with Crippen LogP contribution in [0, 0.1) is 17.8 Å². The highest BCUT2D eigenvalue weighted by Crippen LogP contribution is 2.55. The van der Waals surface area contributed by atoms with Crippen molar-refractivity contribution in [2.75, 3.05) is 11.9 Å². The fraction of sp³-hybridized carbons (Fsp3) is 0.618. The van der Waals surface area contributed by atoms with E-state index in [1.807, 2.05) is 36.4 Å². The molecule has 220 valence electrons. The first kappa shape index (κ1) is 28.2. The molecule has 6 rings (SSSR count). The van der Waals surface area contributed by atoms with Crippen LogP contribution in [-0.2, 0) is 19.1 Å². The van der Waals surface area contributed by atoms with E-state index in [4.69, 9.17) is 4.74 Å². The first-order valence-corrected chi connectivity index (χ1v) is 15.9. The van der Waals surface area contributed by atoms with Crippen LogP contribution >= 0.6 is 0 Å². The van der Waals surface area contributed by atoms with Crippen LogP contribution in [-0.4, -0.2) is 53.0 Å². The molecule has 41 heavy (non-hydrogen) atoms. The summed E-state index contributed by atoms with van der Waals surface area (Å²) in [6.45, 7) is 6.93. The largest absolute Gasteiger partial charge is 0.359 e. The second-order valence-corrected chi connectivity index (χ2v) is 13.2. The van der Waals surface area contributed by atoms with Crippen molar-refractivity contribution in [3.63, 3.8) is 0 Å². The van der Waals surface area contributed by atoms with Crippen LogP contribution in [0.15, 0.2) is 48.1 Å². The number of rotatable bonds is 8. The lowest BCUT2D eigenvalue weighted by Gasteiger charge is -2.36. The van der Waals surface area contributed by atoms with Crippen molar-refractivity contribution in [1.29, 1.82) is 0 Å². The molecule has 3 aliphatic heterocycles. The van der Waals surface area contributed by atoms with Gasteiger partial charge in [-0.1, -0.05) is 69.5 Å². The quantitative estimate of drug-likeness (QED) is 0.413. The Labute approximate surface area is 244 Å². The average Bonchev–Trinajstić information content (AvgIpc) is 3.61. The second-order valence-electron chi connectivity index (χ2n) is 13.2. The number of benzene rings is 1. The van der Waals surface area contributed by atoms with Crippen LogP contribution in [0.3, 0.4) is 0 Å². The molecule has 0 radical (unpaired) electrons. The van der Waals surface area contributed by atoms with Crippen LogP contribution in [0.2, 0.25) is 0 Å². The van der Waals surface area contributed by atoms with E-state index in [0.717, 1.165) is 38.5 Å². The molecule has 1 aromatic carbocycles. The molecule has 5 aliphatic rings. The topological polar surface area (TPSA) is 87.7 Å². The van der Waals surface area contributed by atoms with Gasteiger partial charge in [0.25, 0.3) is 0 Å². The Bertz CT molecular complexity index is 1240. The zero-order valence-electron chi connectivity index (χ0n) is 24.7. The molecule has 7 heteroatoms. The van der Waals surface area contributed by atoms with Gasteiger partial charge in [-0.15, -0.1) is 0 Å². The summed E-state index contributed by atoms with van der Waals surface area (Å²) in [5.41, 5.74) is 2.14. The van der Waals surface area contributed by atoms with E-state index >= 15 is 0 Å². The van der Waals surface area contributed by atoms with Crippen molar-refractivity contribution in [1.82, 2.24) is 10.2 Å². The Morgan fingerprint density at radius 1 is 1.07 bits per heavy atom. The van der Waals surface area contributed by atoms with Crippen molar-refractivity contribution < 1.29 is 19.1 Å². The molecular weight excluding hydrogens is 514 g/mol. The van der Waals surface area contributed by atoms with Crippen molar-refractivity contribution in [2.24, 2.45) is 17.8 Å². The van der Waals surface area contributed by atoms with E-state index in [-0.39, 0.29) is 23.8 Å².